The molecule has 0 aromatic rings. The highest BCUT2D eigenvalue weighted by Crippen LogP contribution is 2.08. The van der Waals surface area contributed by atoms with Crippen LogP contribution in [0.25, 0.3) is 0 Å². The average Bonchev–Trinajstić information content (AvgIpc) is 2.30. The smallest absolute Gasteiger partial charge is 0.317 e. The molecule has 0 bridgehead atoms. The molecule has 4 heteroatoms. The minimum Gasteiger partial charge on any atom is -0.396 e. The Morgan fingerprint density at radius 1 is 1.13 bits per heavy atom. The van der Waals surface area contributed by atoms with Gasteiger partial charge in [0.15, 0.2) is 0 Å². The third kappa shape index (κ3) is 5.02. The van der Waals surface area contributed by atoms with Crippen LogP contribution in [0.5, 0.6) is 0 Å². The number of likely N-dealkylation sites (tertiary alicyclic amines) is 1. The Morgan fingerprint density at radius 3 is 2.53 bits per heavy atom. The van der Waals surface area contributed by atoms with Crippen LogP contribution in [-0.4, -0.2) is 42.3 Å². The number of piperidine rings is 1. The maximum atomic E-state index is 11.6. The molecule has 0 saturated carbocycles. The van der Waals surface area contributed by atoms with E-state index in [4.69, 9.17) is 5.11 Å². The summed E-state index contributed by atoms with van der Waals surface area (Å²) in [6.45, 7) is 2.79. The highest BCUT2D eigenvalue weighted by molar-refractivity contribution is 5.74. The summed E-state index contributed by atoms with van der Waals surface area (Å²) in [7, 11) is 0. The quantitative estimate of drug-likeness (QED) is 0.679. The molecule has 0 aliphatic carbocycles. The van der Waals surface area contributed by atoms with Gasteiger partial charge in [0.05, 0.1) is 0 Å². The van der Waals surface area contributed by atoms with Gasteiger partial charge in [-0.3, -0.25) is 0 Å². The predicted molar refractivity (Wildman–Crippen MR) is 59.8 cm³/mol. The molecule has 88 valence electrons. The molecule has 1 saturated heterocycles. The van der Waals surface area contributed by atoms with Crippen LogP contribution in [-0.2, 0) is 0 Å². The van der Waals surface area contributed by atoms with Crippen LogP contribution in [0.1, 0.15) is 38.5 Å². The molecule has 0 aromatic heterocycles. The van der Waals surface area contributed by atoms with Crippen molar-refractivity contribution in [3.63, 3.8) is 0 Å². The first-order chi connectivity index (χ1) is 7.34. The second-order valence-electron chi connectivity index (χ2n) is 4.06. The number of amides is 2. The number of unbranched alkanes of at least 4 members (excludes halogenated alkanes) is 2. The van der Waals surface area contributed by atoms with Gasteiger partial charge in [-0.2, -0.15) is 0 Å². The van der Waals surface area contributed by atoms with Crippen molar-refractivity contribution in [3.05, 3.63) is 0 Å². The van der Waals surface area contributed by atoms with E-state index < -0.39 is 0 Å². The lowest BCUT2D eigenvalue weighted by Crippen LogP contribution is -2.43. The summed E-state index contributed by atoms with van der Waals surface area (Å²) in [5, 5.41) is 11.5. The Morgan fingerprint density at radius 2 is 1.87 bits per heavy atom. The van der Waals surface area contributed by atoms with Gasteiger partial charge in [0, 0.05) is 26.2 Å². The minimum atomic E-state index is 0.0821. The van der Waals surface area contributed by atoms with E-state index in [1.807, 2.05) is 4.90 Å². The SMILES string of the molecule is O=C(NCCCCCO)N1CCCCC1. The zero-order valence-electron chi connectivity index (χ0n) is 9.37. The van der Waals surface area contributed by atoms with Gasteiger partial charge in [-0.05, 0) is 38.5 Å². The lowest BCUT2D eigenvalue weighted by Gasteiger charge is -2.26. The van der Waals surface area contributed by atoms with Crippen LogP contribution < -0.4 is 5.32 Å². The van der Waals surface area contributed by atoms with Crippen molar-refractivity contribution in [2.45, 2.75) is 38.5 Å². The number of urea groups is 1. The lowest BCUT2D eigenvalue weighted by atomic mass is 10.1. The van der Waals surface area contributed by atoms with Crippen molar-refractivity contribution < 1.29 is 9.90 Å². The Hall–Kier alpha value is -0.770. The summed E-state index contributed by atoms with van der Waals surface area (Å²) in [5.41, 5.74) is 0. The fourth-order valence-corrected chi connectivity index (χ4v) is 1.82. The van der Waals surface area contributed by atoms with Gasteiger partial charge in [-0.15, -0.1) is 0 Å². The first-order valence-corrected chi connectivity index (χ1v) is 5.98. The van der Waals surface area contributed by atoms with Gasteiger partial charge in [-0.25, -0.2) is 4.79 Å². The molecule has 2 N–H and O–H groups in total. The third-order valence-electron chi connectivity index (χ3n) is 2.75. The highest BCUT2D eigenvalue weighted by Gasteiger charge is 2.15. The summed E-state index contributed by atoms with van der Waals surface area (Å²) in [4.78, 5) is 13.5. The number of carbonyl (C=O) groups excluding carboxylic acids is 1. The summed E-state index contributed by atoms with van der Waals surface area (Å²) < 4.78 is 0. The number of hydrogen-bond acceptors (Lipinski definition) is 2. The predicted octanol–water partition coefficient (Wildman–Crippen LogP) is 1.34. The minimum absolute atomic E-state index is 0.0821. The maximum absolute atomic E-state index is 11.6. The highest BCUT2D eigenvalue weighted by atomic mass is 16.2. The van der Waals surface area contributed by atoms with Crippen molar-refractivity contribution in [1.29, 1.82) is 0 Å². The van der Waals surface area contributed by atoms with Crippen LogP contribution in [0.3, 0.4) is 0 Å². The molecule has 2 amide bonds. The second-order valence-corrected chi connectivity index (χ2v) is 4.06. The molecule has 0 spiro atoms. The van der Waals surface area contributed by atoms with Crippen molar-refractivity contribution in [3.8, 4) is 0 Å². The molecular weight excluding hydrogens is 192 g/mol. The number of rotatable bonds is 5. The normalized spacial score (nSPS) is 16.5. The Bertz CT molecular complexity index is 179. The average molecular weight is 214 g/mol. The summed E-state index contributed by atoms with van der Waals surface area (Å²) in [6.07, 6.45) is 6.30. The molecular formula is C11H22N2O2. The van der Waals surface area contributed by atoms with Gasteiger partial charge < -0.3 is 15.3 Å². The topological polar surface area (TPSA) is 52.6 Å². The van der Waals surface area contributed by atoms with Gasteiger partial charge >= 0.3 is 6.03 Å². The van der Waals surface area contributed by atoms with Gasteiger partial charge in [0.25, 0.3) is 0 Å². The van der Waals surface area contributed by atoms with E-state index in [2.05, 4.69) is 5.32 Å². The number of carbonyl (C=O) groups is 1. The van der Waals surface area contributed by atoms with E-state index in [-0.39, 0.29) is 12.6 Å². The maximum Gasteiger partial charge on any atom is 0.317 e. The largest absolute Gasteiger partial charge is 0.396 e. The van der Waals surface area contributed by atoms with E-state index in [0.29, 0.717) is 0 Å². The summed E-state index contributed by atoms with van der Waals surface area (Å²) >= 11 is 0. The van der Waals surface area contributed by atoms with Gasteiger partial charge in [0.2, 0.25) is 0 Å². The van der Waals surface area contributed by atoms with Crippen molar-refractivity contribution >= 4 is 6.03 Å². The van der Waals surface area contributed by atoms with E-state index in [9.17, 15) is 4.79 Å². The molecule has 0 atom stereocenters. The zero-order valence-corrected chi connectivity index (χ0v) is 9.37. The first kappa shape index (κ1) is 12.3. The van der Waals surface area contributed by atoms with Crippen LogP contribution in [0.4, 0.5) is 4.79 Å². The number of aliphatic hydroxyl groups is 1. The Balaban J connectivity index is 2.02. The van der Waals surface area contributed by atoms with E-state index in [1.165, 1.54) is 6.42 Å². The Kier molecular flexibility index (Phi) is 6.16. The van der Waals surface area contributed by atoms with E-state index >= 15 is 0 Å². The number of nitrogens with zero attached hydrogens (tertiary/aromatic N) is 1. The monoisotopic (exact) mass is 214 g/mol. The Labute approximate surface area is 91.6 Å². The molecule has 0 aromatic carbocycles. The molecule has 1 heterocycles. The second kappa shape index (κ2) is 7.51. The van der Waals surface area contributed by atoms with Crippen LogP contribution in [0.15, 0.2) is 0 Å². The lowest BCUT2D eigenvalue weighted by molar-refractivity contribution is 0.186. The molecule has 4 nitrogen and oxygen atoms in total. The number of aliphatic hydroxyl groups excluding tert-OH is 1. The molecule has 1 fully saturated rings. The number of hydrogen-bond donors (Lipinski definition) is 2. The molecule has 1 aliphatic rings. The van der Waals surface area contributed by atoms with E-state index in [0.717, 1.165) is 51.7 Å². The number of nitrogens with one attached hydrogen (secondary N) is 1. The summed E-state index contributed by atoms with van der Waals surface area (Å²) in [6, 6.07) is 0.0821. The molecule has 1 rings (SSSR count). The fourth-order valence-electron chi connectivity index (χ4n) is 1.82. The van der Waals surface area contributed by atoms with Crippen molar-refractivity contribution in [2.24, 2.45) is 0 Å². The molecule has 0 unspecified atom stereocenters. The van der Waals surface area contributed by atoms with Crippen molar-refractivity contribution in [1.82, 2.24) is 10.2 Å². The first-order valence-electron chi connectivity index (χ1n) is 5.98. The molecule has 15 heavy (non-hydrogen) atoms. The van der Waals surface area contributed by atoms with Gasteiger partial charge in [0.1, 0.15) is 0 Å². The van der Waals surface area contributed by atoms with E-state index in [1.54, 1.807) is 0 Å². The fraction of sp³-hybridized carbons (Fsp3) is 0.909. The zero-order chi connectivity index (χ0) is 10.9. The standard InChI is InChI=1S/C11H22N2O2/c14-10-6-1-3-7-12-11(15)13-8-4-2-5-9-13/h14H,1-10H2,(H,12,15). The summed E-state index contributed by atoms with van der Waals surface area (Å²) in [5.74, 6) is 0. The van der Waals surface area contributed by atoms with Gasteiger partial charge in [-0.1, -0.05) is 0 Å². The van der Waals surface area contributed by atoms with Crippen LogP contribution in [0.2, 0.25) is 0 Å². The molecule has 1 aliphatic heterocycles. The van der Waals surface area contributed by atoms with Crippen LogP contribution in [0, 0.1) is 0 Å². The molecule has 0 radical (unpaired) electrons. The van der Waals surface area contributed by atoms with Crippen LogP contribution >= 0.6 is 0 Å². The third-order valence-corrected chi connectivity index (χ3v) is 2.75. The van der Waals surface area contributed by atoms with Crippen molar-refractivity contribution in [2.75, 3.05) is 26.2 Å².